The van der Waals surface area contributed by atoms with Crippen molar-refractivity contribution >= 4 is 23.2 Å². The molecule has 0 radical (unpaired) electrons. The Kier molecular flexibility index (Phi) is 4.48. The Hall–Kier alpha value is -1.22. The number of hydrogen-bond acceptors (Lipinski definition) is 2. The van der Waals surface area contributed by atoms with E-state index in [4.69, 9.17) is 23.2 Å². The Balaban J connectivity index is 1.97. The van der Waals surface area contributed by atoms with Gasteiger partial charge < -0.3 is 10.4 Å². The van der Waals surface area contributed by atoms with Gasteiger partial charge >= 0.3 is 0 Å². The lowest BCUT2D eigenvalue weighted by molar-refractivity contribution is 0.464. The number of nitrogens with one attached hydrogen (secondary N) is 1. The van der Waals surface area contributed by atoms with Crippen LogP contribution in [0.5, 0.6) is 5.75 Å². The van der Waals surface area contributed by atoms with Crippen LogP contribution < -0.4 is 5.32 Å². The zero-order chi connectivity index (χ0) is 13.0. The minimum atomic E-state index is 0.294. The van der Waals surface area contributed by atoms with Crippen LogP contribution >= 0.6 is 23.2 Å². The molecule has 2 aromatic rings. The molecule has 18 heavy (non-hydrogen) atoms. The highest BCUT2D eigenvalue weighted by Crippen LogP contribution is 2.25. The van der Waals surface area contributed by atoms with Crippen molar-refractivity contribution in [2.24, 2.45) is 0 Å². The maximum absolute atomic E-state index is 9.62. The van der Waals surface area contributed by atoms with Crippen LogP contribution in [-0.4, -0.2) is 5.11 Å². The van der Waals surface area contributed by atoms with Crippen LogP contribution in [0.2, 0.25) is 10.0 Å². The normalized spacial score (nSPS) is 10.6. The second-order valence-electron chi connectivity index (χ2n) is 3.95. The second-order valence-corrected chi connectivity index (χ2v) is 4.73. The van der Waals surface area contributed by atoms with Gasteiger partial charge in [0.25, 0.3) is 0 Å². The van der Waals surface area contributed by atoms with Crippen molar-refractivity contribution in [2.45, 2.75) is 13.1 Å². The highest BCUT2D eigenvalue weighted by molar-refractivity contribution is 6.42. The molecule has 2 nitrogen and oxygen atoms in total. The van der Waals surface area contributed by atoms with Crippen LogP contribution in [0.25, 0.3) is 0 Å². The Morgan fingerprint density at radius 3 is 2.33 bits per heavy atom. The number of rotatable bonds is 4. The van der Waals surface area contributed by atoms with Gasteiger partial charge in [-0.3, -0.25) is 0 Å². The quantitative estimate of drug-likeness (QED) is 0.888. The van der Waals surface area contributed by atoms with Crippen molar-refractivity contribution in [3.63, 3.8) is 0 Å². The van der Waals surface area contributed by atoms with E-state index in [1.807, 2.05) is 24.3 Å². The molecule has 0 saturated heterocycles. The van der Waals surface area contributed by atoms with Crippen LogP contribution in [0, 0.1) is 0 Å². The SMILES string of the molecule is Oc1ccccc1CNCc1cccc(Cl)c1Cl. The van der Waals surface area contributed by atoms with E-state index in [9.17, 15) is 5.11 Å². The zero-order valence-corrected chi connectivity index (χ0v) is 11.2. The highest BCUT2D eigenvalue weighted by Gasteiger charge is 2.04. The summed E-state index contributed by atoms with van der Waals surface area (Å²) in [5, 5.41) is 14.0. The Morgan fingerprint density at radius 2 is 1.56 bits per heavy atom. The summed E-state index contributed by atoms with van der Waals surface area (Å²) < 4.78 is 0. The third kappa shape index (κ3) is 3.16. The lowest BCUT2D eigenvalue weighted by atomic mass is 10.2. The van der Waals surface area contributed by atoms with Crippen LogP contribution in [0.1, 0.15) is 11.1 Å². The van der Waals surface area contributed by atoms with Crippen molar-refractivity contribution in [2.75, 3.05) is 0 Å². The third-order valence-electron chi connectivity index (χ3n) is 2.65. The van der Waals surface area contributed by atoms with Gasteiger partial charge in [0, 0.05) is 18.7 Å². The monoisotopic (exact) mass is 281 g/mol. The van der Waals surface area contributed by atoms with E-state index in [-0.39, 0.29) is 0 Å². The summed E-state index contributed by atoms with van der Waals surface area (Å²) in [6.07, 6.45) is 0. The van der Waals surface area contributed by atoms with Crippen LogP contribution in [-0.2, 0) is 13.1 Å². The molecule has 0 spiro atoms. The number of benzene rings is 2. The topological polar surface area (TPSA) is 32.3 Å². The van der Waals surface area contributed by atoms with Gasteiger partial charge in [-0.1, -0.05) is 53.5 Å². The first-order valence-electron chi connectivity index (χ1n) is 5.59. The zero-order valence-electron chi connectivity index (χ0n) is 9.66. The van der Waals surface area contributed by atoms with Crippen molar-refractivity contribution in [1.82, 2.24) is 5.32 Å². The smallest absolute Gasteiger partial charge is 0.120 e. The summed E-state index contributed by atoms with van der Waals surface area (Å²) in [5.74, 6) is 0.294. The van der Waals surface area contributed by atoms with E-state index in [1.54, 1.807) is 18.2 Å². The molecule has 0 aliphatic heterocycles. The molecule has 0 amide bonds. The van der Waals surface area contributed by atoms with Gasteiger partial charge in [-0.2, -0.15) is 0 Å². The van der Waals surface area contributed by atoms with E-state index < -0.39 is 0 Å². The molecule has 0 aliphatic rings. The Labute approximate surface area is 116 Å². The molecule has 0 aliphatic carbocycles. The minimum Gasteiger partial charge on any atom is -0.508 e. The van der Waals surface area contributed by atoms with Gasteiger partial charge in [0.15, 0.2) is 0 Å². The van der Waals surface area contributed by atoms with Crippen LogP contribution in [0.3, 0.4) is 0 Å². The molecule has 0 saturated carbocycles. The van der Waals surface area contributed by atoms with E-state index in [1.165, 1.54) is 0 Å². The standard InChI is InChI=1S/C14H13Cl2NO/c15-12-6-3-5-11(14(12)16)9-17-8-10-4-1-2-7-13(10)18/h1-7,17-18H,8-9H2. The van der Waals surface area contributed by atoms with E-state index in [0.717, 1.165) is 11.1 Å². The van der Waals surface area contributed by atoms with E-state index in [2.05, 4.69) is 5.32 Å². The second kappa shape index (κ2) is 6.10. The number of para-hydroxylation sites is 1. The van der Waals surface area contributed by atoms with Gasteiger partial charge in [0.2, 0.25) is 0 Å². The van der Waals surface area contributed by atoms with Crippen LogP contribution in [0.4, 0.5) is 0 Å². The molecule has 4 heteroatoms. The maximum Gasteiger partial charge on any atom is 0.120 e. The molecular weight excluding hydrogens is 269 g/mol. The average molecular weight is 282 g/mol. The summed E-state index contributed by atoms with van der Waals surface area (Å²) in [7, 11) is 0. The molecule has 0 aromatic heterocycles. The number of aromatic hydroxyl groups is 1. The number of halogens is 2. The van der Waals surface area contributed by atoms with Crippen molar-refractivity contribution < 1.29 is 5.11 Å². The number of phenols is 1. The maximum atomic E-state index is 9.62. The summed E-state index contributed by atoms with van der Waals surface area (Å²) in [6.45, 7) is 1.18. The number of phenolic OH excluding ortho intramolecular Hbond substituents is 1. The van der Waals surface area contributed by atoms with E-state index in [0.29, 0.717) is 28.9 Å². The predicted octanol–water partition coefficient (Wildman–Crippen LogP) is 3.99. The van der Waals surface area contributed by atoms with Gasteiger partial charge in [0.05, 0.1) is 10.0 Å². The predicted molar refractivity (Wildman–Crippen MR) is 75.1 cm³/mol. The third-order valence-corrected chi connectivity index (χ3v) is 3.51. The van der Waals surface area contributed by atoms with E-state index >= 15 is 0 Å². The molecular formula is C14H13Cl2NO. The molecule has 0 heterocycles. The molecule has 94 valence electrons. The van der Waals surface area contributed by atoms with Crippen molar-refractivity contribution in [1.29, 1.82) is 0 Å². The summed E-state index contributed by atoms with van der Waals surface area (Å²) in [4.78, 5) is 0. The summed E-state index contributed by atoms with van der Waals surface area (Å²) in [5.41, 5.74) is 1.80. The molecule has 0 fully saturated rings. The summed E-state index contributed by atoms with van der Waals surface area (Å²) >= 11 is 12.0. The fourth-order valence-electron chi connectivity index (χ4n) is 1.68. The summed E-state index contributed by atoms with van der Waals surface area (Å²) in [6, 6.07) is 12.8. The molecule has 2 N–H and O–H groups in total. The molecule has 2 aromatic carbocycles. The van der Waals surface area contributed by atoms with Gasteiger partial charge in [0.1, 0.15) is 5.75 Å². The molecule has 0 unspecified atom stereocenters. The van der Waals surface area contributed by atoms with Gasteiger partial charge in [-0.05, 0) is 17.7 Å². The van der Waals surface area contributed by atoms with Crippen molar-refractivity contribution in [3.8, 4) is 5.75 Å². The molecule has 2 rings (SSSR count). The Bertz CT molecular complexity index is 543. The minimum absolute atomic E-state index is 0.294. The molecule has 0 atom stereocenters. The first kappa shape index (κ1) is 13.2. The first-order chi connectivity index (χ1) is 8.68. The largest absolute Gasteiger partial charge is 0.508 e. The fraction of sp³-hybridized carbons (Fsp3) is 0.143. The van der Waals surface area contributed by atoms with Gasteiger partial charge in [-0.15, -0.1) is 0 Å². The Morgan fingerprint density at radius 1 is 0.889 bits per heavy atom. The lowest BCUT2D eigenvalue weighted by Gasteiger charge is -2.08. The number of hydrogen-bond donors (Lipinski definition) is 2. The average Bonchev–Trinajstić information content (AvgIpc) is 2.37. The highest BCUT2D eigenvalue weighted by atomic mass is 35.5. The molecule has 0 bridgehead atoms. The van der Waals surface area contributed by atoms with Crippen molar-refractivity contribution in [3.05, 3.63) is 63.6 Å². The first-order valence-corrected chi connectivity index (χ1v) is 6.34. The van der Waals surface area contributed by atoms with Gasteiger partial charge in [-0.25, -0.2) is 0 Å². The fourth-order valence-corrected chi connectivity index (χ4v) is 2.06. The van der Waals surface area contributed by atoms with Crippen LogP contribution in [0.15, 0.2) is 42.5 Å². The lowest BCUT2D eigenvalue weighted by Crippen LogP contribution is -2.13.